The Morgan fingerprint density at radius 3 is 2.52 bits per heavy atom. The van der Waals surface area contributed by atoms with Gasteiger partial charge < -0.3 is 15.4 Å². The Hall–Kier alpha value is -2.46. The van der Waals surface area contributed by atoms with Gasteiger partial charge in [-0.05, 0) is 24.8 Å². The Balaban J connectivity index is 2.05. The Morgan fingerprint density at radius 1 is 1.19 bits per heavy atom. The molecule has 2 amide bonds. The summed E-state index contributed by atoms with van der Waals surface area (Å²) in [7, 11) is -3.32. The van der Waals surface area contributed by atoms with Crippen molar-refractivity contribution in [1.29, 1.82) is 0 Å². The number of ether oxygens (including phenoxy) is 1. The second-order valence-electron chi connectivity index (χ2n) is 7.16. The van der Waals surface area contributed by atoms with Gasteiger partial charge in [0.05, 0.1) is 11.4 Å². The third-order valence-corrected chi connectivity index (χ3v) is 6.55. The Bertz CT molecular complexity index is 974. The standard InChI is InChI=1S/C21H29N3O5S2/c1-4-9-16-18(5-2)30-20(22-16)24-19(25)17(12-13-31(3,27)28)23-21(26)29-14-15-10-7-6-8-11-15/h6-8,10-11,17H,4-5,9,12-14H2,1-3H3,(H,23,26)(H,22,24,25). The van der Waals surface area contributed by atoms with Crippen LogP contribution in [0, 0.1) is 0 Å². The van der Waals surface area contributed by atoms with Gasteiger partial charge in [0.1, 0.15) is 22.5 Å². The molecular formula is C21H29N3O5S2. The minimum Gasteiger partial charge on any atom is -0.445 e. The summed E-state index contributed by atoms with van der Waals surface area (Å²) in [5.74, 6) is -0.775. The highest BCUT2D eigenvalue weighted by atomic mass is 32.2. The van der Waals surface area contributed by atoms with Gasteiger partial charge in [0.2, 0.25) is 5.91 Å². The number of carbonyl (C=O) groups excluding carboxylic acids is 2. The minimum atomic E-state index is -3.32. The van der Waals surface area contributed by atoms with Crippen LogP contribution in [0.1, 0.15) is 42.8 Å². The molecule has 0 bridgehead atoms. The van der Waals surface area contributed by atoms with E-state index < -0.39 is 27.9 Å². The maximum absolute atomic E-state index is 12.8. The number of alkyl carbamates (subject to hydrolysis) is 1. The summed E-state index contributed by atoms with van der Waals surface area (Å²) in [5, 5.41) is 5.63. The summed E-state index contributed by atoms with van der Waals surface area (Å²) in [6.45, 7) is 4.13. The summed E-state index contributed by atoms with van der Waals surface area (Å²) >= 11 is 1.39. The fourth-order valence-corrected chi connectivity index (χ4v) is 4.46. The predicted molar refractivity (Wildman–Crippen MR) is 122 cm³/mol. The molecule has 2 aromatic rings. The van der Waals surface area contributed by atoms with Crippen molar-refractivity contribution in [2.45, 2.75) is 52.2 Å². The number of thiazole rings is 1. The van der Waals surface area contributed by atoms with E-state index in [1.54, 1.807) is 0 Å². The molecular weight excluding hydrogens is 438 g/mol. The lowest BCUT2D eigenvalue weighted by Gasteiger charge is -2.17. The van der Waals surface area contributed by atoms with E-state index in [0.717, 1.165) is 41.7 Å². The van der Waals surface area contributed by atoms with Gasteiger partial charge in [-0.3, -0.25) is 4.79 Å². The number of aromatic nitrogens is 1. The molecule has 31 heavy (non-hydrogen) atoms. The first-order valence-electron chi connectivity index (χ1n) is 10.2. The number of sulfone groups is 1. The molecule has 0 aliphatic carbocycles. The molecule has 170 valence electrons. The number of carbonyl (C=O) groups is 2. The molecule has 0 aliphatic heterocycles. The summed E-state index contributed by atoms with van der Waals surface area (Å²) in [6.07, 6.45) is 2.79. The zero-order valence-electron chi connectivity index (χ0n) is 18.0. The molecule has 1 aromatic heterocycles. The highest BCUT2D eigenvalue weighted by molar-refractivity contribution is 7.90. The fraction of sp³-hybridized carbons (Fsp3) is 0.476. The number of rotatable bonds is 11. The van der Waals surface area contributed by atoms with Crippen LogP contribution in [0.4, 0.5) is 9.93 Å². The highest BCUT2D eigenvalue weighted by Gasteiger charge is 2.24. The first-order valence-corrected chi connectivity index (χ1v) is 13.0. The van der Waals surface area contributed by atoms with Gasteiger partial charge in [0, 0.05) is 11.1 Å². The highest BCUT2D eigenvalue weighted by Crippen LogP contribution is 2.25. The second-order valence-corrected chi connectivity index (χ2v) is 10.5. The third kappa shape index (κ3) is 8.66. The smallest absolute Gasteiger partial charge is 0.408 e. The Kier molecular flexibility index (Phi) is 9.44. The van der Waals surface area contributed by atoms with Crippen molar-refractivity contribution >= 4 is 38.3 Å². The maximum atomic E-state index is 12.8. The molecule has 1 atom stereocenters. The second kappa shape index (κ2) is 11.8. The van der Waals surface area contributed by atoms with Crippen LogP contribution in [-0.4, -0.2) is 43.5 Å². The van der Waals surface area contributed by atoms with Crippen LogP contribution in [0.2, 0.25) is 0 Å². The molecule has 0 spiro atoms. The van der Waals surface area contributed by atoms with E-state index >= 15 is 0 Å². The molecule has 2 rings (SSSR count). The lowest BCUT2D eigenvalue weighted by molar-refractivity contribution is -0.118. The molecule has 0 saturated heterocycles. The number of nitrogens with zero attached hydrogens (tertiary/aromatic N) is 1. The summed E-state index contributed by atoms with van der Waals surface area (Å²) < 4.78 is 28.3. The first-order chi connectivity index (χ1) is 14.7. The molecule has 1 heterocycles. The lowest BCUT2D eigenvalue weighted by atomic mass is 10.2. The SMILES string of the molecule is CCCc1nc(NC(=O)C(CCS(C)(=O)=O)NC(=O)OCc2ccccc2)sc1CC. The normalized spacial score (nSPS) is 12.2. The molecule has 0 radical (unpaired) electrons. The van der Waals surface area contributed by atoms with Crippen LogP contribution >= 0.6 is 11.3 Å². The molecule has 0 saturated carbocycles. The van der Waals surface area contributed by atoms with Crippen molar-refractivity contribution in [3.8, 4) is 0 Å². The van der Waals surface area contributed by atoms with Crippen LogP contribution in [0.3, 0.4) is 0 Å². The van der Waals surface area contributed by atoms with Gasteiger partial charge in [-0.25, -0.2) is 18.2 Å². The maximum Gasteiger partial charge on any atom is 0.408 e. The zero-order chi connectivity index (χ0) is 22.9. The molecule has 10 heteroatoms. The Morgan fingerprint density at radius 2 is 1.90 bits per heavy atom. The van der Waals surface area contributed by atoms with E-state index in [9.17, 15) is 18.0 Å². The summed E-state index contributed by atoms with van der Waals surface area (Å²) in [4.78, 5) is 30.6. The first kappa shape index (κ1) is 24.8. The van der Waals surface area contributed by atoms with E-state index in [4.69, 9.17) is 4.74 Å². The lowest BCUT2D eigenvalue weighted by Crippen LogP contribution is -2.45. The van der Waals surface area contributed by atoms with Crippen LogP contribution in [-0.2, 0) is 38.8 Å². The number of aryl methyl sites for hydroxylation is 2. The fourth-order valence-electron chi connectivity index (χ4n) is 2.85. The van der Waals surface area contributed by atoms with Crippen molar-refractivity contribution in [2.75, 3.05) is 17.3 Å². The quantitative estimate of drug-likeness (QED) is 0.524. The van der Waals surface area contributed by atoms with E-state index in [1.807, 2.05) is 37.3 Å². The van der Waals surface area contributed by atoms with Gasteiger partial charge in [-0.2, -0.15) is 0 Å². The summed E-state index contributed by atoms with van der Waals surface area (Å²) in [5.41, 5.74) is 1.75. The molecule has 2 N–H and O–H groups in total. The number of benzene rings is 1. The molecule has 0 aliphatic rings. The average molecular weight is 468 g/mol. The number of hydrogen-bond acceptors (Lipinski definition) is 7. The van der Waals surface area contributed by atoms with Crippen LogP contribution < -0.4 is 10.6 Å². The minimum absolute atomic E-state index is 0.0415. The Labute approximate surface area is 187 Å². The number of nitrogens with one attached hydrogen (secondary N) is 2. The van der Waals surface area contributed by atoms with Gasteiger partial charge in [-0.15, -0.1) is 11.3 Å². The van der Waals surface area contributed by atoms with Gasteiger partial charge in [0.15, 0.2) is 5.13 Å². The van der Waals surface area contributed by atoms with Crippen LogP contribution in [0.15, 0.2) is 30.3 Å². The van der Waals surface area contributed by atoms with Gasteiger partial charge in [-0.1, -0.05) is 50.6 Å². The summed E-state index contributed by atoms with van der Waals surface area (Å²) in [6, 6.07) is 8.05. The van der Waals surface area contributed by atoms with Crippen LogP contribution in [0.5, 0.6) is 0 Å². The topological polar surface area (TPSA) is 114 Å². The average Bonchev–Trinajstić information content (AvgIpc) is 3.11. The van der Waals surface area contributed by atoms with E-state index in [-0.39, 0.29) is 18.8 Å². The van der Waals surface area contributed by atoms with E-state index in [1.165, 1.54) is 11.3 Å². The molecule has 0 fully saturated rings. The van der Waals surface area contributed by atoms with Crippen molar-refractivity contribution in [1.82, 2.24) is 10.3 Å². The largest absolute Gasteiger partial charge is 0.445 e. The van der Waals surface area contributed by atoms with E-state index in [2.05, 4.69) is 22.5 Å². The van der Waals surface area contributed by atoms with Crippen LogP contribution in [0.25, 0.3) is 0 Å². The predicted octanol–water partition coefficient (Wildman–Crippen LogP) is 3.33. The monoisotopic (exact) mass is 467 g/mol. The number of hydrogen-bond donors (Lipinski definition) is 2. The van der Waals surface area contributed by atoms with Gasteiger partial charge >= 0.3 is 6.09 Å². The van der Waals surface area contributed by atoms with Crippen molar-refractivity contribution < 1.29 is 22.7 Å². The molecule has 1 unspecified atom stereocenters. The van der Waals surface area contributed by atoms with E-state index in [0.29, 0.717) is 5.13 Å². The third-order valence-electron chi connectivity index (χ3n) is 4.41. The van der Waals surface area contributed by atoms with Crippen molar-refractivity contribution in [3.05, 3.63) is 46.5 Å². The molecule has 8 nitrogen and oxygen atoms in total. The van der Waals surface area contributed by atoms with Gasteiger partial charge in [0.25, 0.3) is 0 Å². The van der Waals surface area contributed by atoms with Crippen molar-refractivity contribution in [3.63, 3.8) is 0 Å². The number of amides is 2. The number of anilines is 1. The van der Waals surface area contributed by atoms with Crippen molar-refractivity contribution in [2.24, 2.45) is 0 Å². The zero-order valence-corrected chi connectivity index (χ0v) is 19.6. The molecule has 1 aromatic carbocycles.